The molecule has 0 fully saturated rings. The predicted octanol–water partition coefficient (Wildman–Crippen LogP) is 8.44. The highest BCUT2D eigenvalue weighted by molar-refractivity contribution is 6.09. The van der Waals surface area contributed by atoms with E-state index in [-0.39, 0.29) is 0 Å². The Morgan fingerprint density at radius 2 is 1.16 bits per heavy atom. The lowest BCUT2D eigenvalue weighted by atomic mass is 9.99. The van der Waals surface area contributed by atoms with Crippen LogP contribution in [0.1, 0.15) is 0 Å². The lowest BCUT2D eigenvalue weighted by Crippen LogP contribution is -1.97. The van der Waals surface area contributed by atoms with Crippen LogP contribution in [-0.2, 0) is 0 Å². The molecule has 4 heteroatoms. The van der Waals surface area contributed by atoms with Gasteiger partial charge in [0, 0.05) is 39.9 Å². The minimum Gasteiger partial charge on any atom is -0.455 e. The molecule has 0 N–H and O–H groups in total. The quantitative estimate of drug-likeness (QED) is 0.256. The molecule has 4 aromatic carbocycles. The lowest BCUT2D eigenvalue weighted by molar-refractivity contribution is 0.670. The van der Waals surface area contributed by atoms with Crippen LogP contribution in [0.5, 0.6) is 0 Å². The number of furan rings is 1. The van der Waals surface area contributed by atoms with Crippen LogP contribution in [0.2, 0.25) is 0 Å². The minimum absolute atomic E-state index is 0.664. The van der Waals surface area contributed by atoms with Crippen molar-refractivity contribution in [2.75, 3.05) is 0 Å². The molecule has 3 aromatic heterocycles. The Bertz CT molecular complexity index is 1880. The van der Waals surface area contributed by atoms with E-state index in [0.717, 1.165) is 61.1 Å². The molecule has 3 heterocycles. The van der Waals surface area contributed by atoms with Crippen LogP contribution in [0.3, 0.4) is 0 Å². The summed E-state index contributed by atoms with van der Waals surface area (Å²) in [5, 5.41) is 2.17. The number of hydrogen-bond acceptors (Lipinski definition) is 4. The molecule has 0 aliphatic heterocycles. The maximum absolute atomic E-state index is 6.35. The van der Waals surface area contributed by atoms with Crippen molar-refractivity contribution in [2.24, 2.45) is 0 Å². The molecule has 0 saturated carbocycles. The molecule has 0 amide bonds. The van der Waals surface area contributed by atoms with E-state index in [1.165, 1.54) is 0 Å². The third-order valence-electron chi connectivity index (χ3n) is 6.64. The number of rotatable bonds is 4. The average molecular weight is 476 g/mol. The van der Waals surface area contributed by atoms with Gasteiger partial charge in [0.2, 0.25) is 0 Å². The Balaban J connectivity index is 1.50. The molecule has 37 heavy (non-hydrogen) atoms. The molecular weight excluding hydrogens is 454 g/mol. The highest BCUT2D eigenvalue weighted by Crippen LogP contribution is 2.38. The van der Waals surface area contributed by atoms with Gasteiger partial charge in [0.05, 0.1) is 11.4 Å². The van der Waals surface area contributed by atoms with Crippen molar-refractivity contribution in [1.29, 1.82) is 0 Å². The molecule has 0 atom stereocenters. The molecule has 0 saturated heterocycles. The first kappa shape index (κ1) is 21.2. The van der Waals surface area contributed by atoms with Gasteiger partial charge in [-0.25, -0.2) is 9.97 Å². The molecule has 0 radical (unpaired) electrons. The van der Waals surface area contributed by atoms with Crippen molar-refractivity contribution in [3.8, 4) is 45.0 Å². The van der Waals surface area contributed by atoms with Crippen LogP contribution in [0, 0.1) is 0 Å². The number of benzene rings is 4. The first-order valence-electron chi connectivity index (χ1n) is 12.2. The van der Waals surface area contributed by atoms with E-state index in [4.69, 9.17) is 14.4 Å². The highest BCUT2D eigenvalue weighted by Gasteiger charge is 2.17. The third kappa shape index (κ3) is 3.76. The Morgan fingerprint density at radius 3 is 2.03 bits per heavy atom. The first-order chi connectivity index (χ1) is 18.3. The van der Waals surface area contributed by atoms with Crippen LogP contribution in [0.15, 0.2) is 132 Å². The van der Waals surface area contributed by atoms with Gasteiger partial charge in [-0.05, 0) is 41.5 Å². The zero-order chi connectivity index (χ0) is 24.6. The van der Waals surface area contributed by atoms with Gasteiger partial charge in [-0.15, -0.1) is 0 Å². The fourth-order valence-electron chi connectivity index (χ4n) is 4.87. The van der Waals surface area contributed by atoms with E-state index < -0.39 is 0 Å². The number of aromatic nitrogens is 3. The number of hydrogen-bond donors (Lipinski definition) is 0. The van der Waals surface area contributed by atoms with Gasteiger partial charge in [0.25, 0.3) is 0 Å². The third-order valence-corrected chi connectivity index (χ3v) is 6.64. The van der Waals surface area contributed by atoms with Gasteiger partial charge in [-0.1, -0.05) is 84.9 Å². The molecule has 0 aliphatic rings. The molecular formula is C33H21N3O. The van der Waals surface area contributed by atoms with Crippen molar-refractivity contribution >= 4 is 21.9 Å². The van der Waals surface area contributed by atoms with E-state index >= 15 is 0 Å². The Morgan fingerprint density at radius 1 is 0.486 bits per heavy atom. The predicted molar refractivity (Wildman–Crippen MR) is 149 cm³/mol. The van der Waals surface area contributed by atoms with E-state index in [2.05, 4.69) is 59.6 Å². The fraction of sp³-hybridized carbons (Fsp3) is 0. The van der Waals surface area contributed by atoms with E-state index in [9.17, 15) is 0 Å². The van der Waals surface area contributed by atoms with Crippen molar-refractivity contribution < 1.29 is 4.42 Å². The van der Waals surface area contributed by atoms with Crippen molar-refractivity contribution in [3.63, 3.8) is 0 Å². The molecule has 0 bridgehead atoms. The summed E-state index contributed by atoms with van der Waals surface area (Å²) in [5.41, 5.74) is 8.44. The second-order valence-corrected chi connectivity index (χ2v) is 8.89. The lowest BCUT2D eigenvalue weighted by Gasteiger charge is -2.12. The highest BCUT2D eigenvalue weighted by atomic mass is 16.3. The summed E-state index contributed by atoms with van der Waals surface area (Å²) < 4.78 is 6.35. The topological polar surface area (TPSA) is 51.8 Å². The number of fused-ring (bicyclic) bond motifs is 3. The standard InChI is InChI=1S/C33H21N3O/c1-2-9-23(10-3-1)29-21-30(28-15-8-14-26-25-12-6-7-16-31(25)37-32(26)28)36-33(35-29)27-13-5-4-11-24(27)22-17-19-34-20-18-22/h1-21H. The van der Waals surface area contributed by atoms with Crippen molar-refractivity contribution in [3.05, 3.63) is 128 Å². The molecule has 7 aromatic rings. The SMILES string of the molecule is c1ccc(-c2cc(-c3cccc4c3oc3ccccc34)nc(-c3ccccc3-c3ccncc3)n2)cc1. The van der Waals surface area contributed by atoms with Gasteiger partial charge in [-0.2, -0.15) is 0 Å². The number of pyridine rings is 1. The zero-order valence-electron chi connectivity index (χ0n) is 19.9. The average Bonchev–Trinajstić information content (AvgIpc) is 3.37. The maximum atomic E-state index is 6.35. The van der Waals surface area contributed by atoms with E-state index in [1.54, 1.807) is 12.4 Å². The summed E-state index contributed by atoms with van der Waals surface area (Å²) in [4.78, 5) is 14.4. The molecule has 0 spiro atoms. The summed E-state index contributed by atoms with van der Waals surface area (Å²) in [6.45, 7) is 0. The summed E-state index contributed by atoms with van der Waals surface area (Å²) in [7, 11) is 0. The van der Waals surface area contributed by atoms with E-state index in [0.29, 0.717) is 5.82 Å². The van der Waals surface area contributed by atoms with Crippen molar-refractivity contribution in [2.45, 2.75) is 0 Å². The maximum Gasteiger partial charge on any atom is 0.161 e. The smallest absolute Gasteiger partial charge is 0.161 e. The zero-order valence-corrected chi connectivity index (χ0v) is 19.9. The van der Waals surface area contributed by atoms with Crippen LogP contribution >= 0.6 is 0 Å². The Labute approximate surface area is 213 Å². The van der Waals surface area contributed by atoms with Gasteiger partial charge < -0.3 is 4.42 Å². The van der Waals surface area contributed by atoms with Crippen LogP contribution in [0.25, 0.3) is 67.0 Å². The number of para-hydroxylation sites is 2. The Hall–Kier alpha value is -5.09. The molecule has 0 aliphatic carbocycles. The Kier molecular flexibility index (Phi) is 5.07. The first-order valence-corrected chi connectivity index (χ1v) is 12.2. The molecule has 4 nitrogen and oxygen atoms in total. The van der Waals surface area contributed by atoms with E-state index in [1.807, 2.05) is 60.7 Å². The van der Waals surface area contributed by atoms with Gasteiger partial charge in [0.15, 0.2) is 5.82 Å². The molecule has 7 rings (SSSR count). The molecule has 174 valence electrons. The van der Waals surface area contributed by atoms with Crippen LogP contribution in [0.4, 0.5) is 0 Å². The number of nitrogens with zero attached hydrogens (tertiary/aromatic N) is 3. The van der Waals surface area contributed by atoms with Gasteiger partial charge >= 0.3 is 0 Å². The minimum atomic E-state index is 0.664. The van der Waals surface area contributed by atoms with Gasteiger partial charge in [-0.3, -0.25) is 4.98 Å². The fourth-order valence-corrected chi connectivity index (χ4v) is 4.87. The normalized spacial score (nSPS) is 11.2. The largest absolute Gasteiger partial charge is 0.455 e. The summed E-state index contributed by atoms with van der Waals surface area (Å²) in [5.74, 6) is 0.664. The monoisotopic (exact) mass is 475 g/mol. The summed E-state index contributed by atoms with van der Waals surface area (Å²) in [6.07, 6.45) is 3.61. The van der Waals surface area contributed by atoms with Crippen molar-refractivity contribution in [1.82, 2.24) is 15.0 Å². The summed E-state index contributed by atoms with van der Waals surface area (Å²) >= 11 is 0. The van der Waals surface area contributed by atoms with Crippen LogP contribution in [-0.4, -0.2) is 15.0 Å². The van der Waals surface area contributed by atoms with Crippen LogP contribution < -0.4 is 0 Å². The second kappa shape index (κ2) is 8.85. The second-order valence-electron chi connectivity index (χ2n) is 8.89. The van der Waals surface area contributed by atoms with Gasteiger partial charge in [0.1, 0.15) is 11.2 Å². The summed E-state index contributed by atoms with van der Waals surface area (Å²) in [6, 6.07) is 38.9. The molecule has 0 unspecified atom stereocenters.